The third-order valence-corrected chi connectivity index (χ3v) is 4.29. The van der Waals surface area contributed by atoms with Crippen LogP contribution < -0.4 is 11.3 Å². The van der Waals surface area contributed by atoms with Crippen molar-refractivity contribution in [1.29, 1.82) is 0 Å². The molecule has 5 heteroatoms. The summed E-state index contributed by atoms with van der Waals surface area (Å²) in [6.45, 7) is 14.1. The van der Waals surface area contributed by atoms with E-state index < -0.39 is 0 Å². The third kappa shape index (κ3) is 3.81. The van der Waals surface area contributed by atoms with Gasteiger partial charge in [-0.05, 0) is 33.4 Å². The molecule has 1 heterocycles. The summed E-state index contributed by atoms with van der Waals surface area (Å²) < 4.78 is 2.22. The van der Waals surface area contributed by atoms with Gasteiger partial charge in [-0.3, -0.25) is 16.2 Å². The molecular weight excluding hydrogens is 250 g/mol. The molecule has 0 amide bonds. The Labute approximate surface area is 123 Å². The van der Waals surface area contributed by atoms with Crippen LogP contribution in [0.4, 0.5) is 0 Å². The Morgan fingerprint density at radius 3 is 2.50 bits per heavy atom. The van der Waals surface area contributed by atoms with Gasteiger partial charge in [0.25, 0.3) is 0 Å². The van der Waals surface area contributed by atoms with Crippen molar-refractivity contribution in [1.82, 2.24) is 19.9 Å². The number of hydrogen-bond acceptors (Lipinski definition) is 4. The topological polar surface area (TPSA) is 59.1 Å². The summed E-state index contributed by atoms with van der Waals surface area (Å²) in [5.74, 6) is 6.94. The molecule has 0 spiro atoms. The highest BCUT2D eigenvalue weighted by atomic mass is 15.3. The molecule has 0 aliphatic rings. The maximum absolute atomic E-state index is 5.83. The molecule has 0 aromatic carbocycles. The van der Waals surface area contributed by atoms with Gasteiger partial charge in [0.2, 0.25) is 0 Å². The fourth-order valence-corrected chi connectivity index (χ4v) is 2.93. The van der Waals surface area contributed by atoms with Gasteiger partial charge in [-0.1, -0.05) is 20.8 Å². The molecule has 5 nitrogen and oxygen atoms in total. The van der Waals surface area contributed by atoms with Crippen molar-refractivity contribution in [3.63, 3.8) is 0 Å². The Kier molecular flexibility index (Phi) is 6.65. The van der Waals surface area contributed by atoms with Gasteiger partial charge in [0.05, 0.1) is 0 Å². The van der Waals surface area contributed by atoms with Crippen molar-refractivity contribution >= 4 is 0 Å². The van der Waals surface area contributed by atoms with Gasteiger partial charge in [0.1, 0.15) is 5.82 Å². The maximum Gasteiger partial charge on any atom is 0.110 e. The Balaban J connectivity index is 2.87. The number of hydrogen-bond donors (Lipinski definition) is 2. The predicted octanol–water partition coefficient (Wildman–Crippen LogP) is 1.79. The summed E-state index contributed by atoms with van der Waals surface area (Å²) in [6.07, 6.45) is 5.89. The van der Waals surface area contributed by atoms with Gasteiger partial charge < -0.3 is 4.57 Å². The third-order valence-electron chi connectivity index (χ3n) is 4.29. The Hall–Kier alpha value is -0.910. The van der Waals surface area contributed by atoms with Crippen LogP contribution >= 0.6 is 0 Å². The molecule has 0 saturated carbocycles. The summed E-state index contributed by atoms with van der Waals surface area (Å²) in [7, 11) is 0. The molecule has 20 heavy (non-hydrogen) atoms. The minimum atomic E-state index is -0.0127. The highest BCUT2D eigenvalue weighted by molar-refractivity contribution is 5.02. The van der Waals surface area contributed by atoms with Crippen molar-refractivity contribution in [2.75, 3.05) is 13.1 Å². The van der Waals surface area contributed by atoms with Crippen molar-refractivity contribution in [2.45, 2.75) is 65.6 Å². The van der Waals surface area contributed by atoms with Gasteiger partial charge in [-0.2, -0.15) is 0 Å². The molecule has 0 saturated heterocycles. The lowest BCUT2D eigenvalue weighted by Gasteiger charge is -2.43. The standard InChI is InChI=1S/C15H31N5/c1-6-10-19-11-9-17-14(19)12-13(18-16)15(4,5)20(7-2)8-3/h9,11,13,18H,6-8,10,12,16H2,1-5H3. The predicted molar refractivity (Wildman–Crippen MR) is 84.3 cm³/mol. The number of aromatic nitrogens is 2. The van der Waals surface area contributed by atoms with Crippen molar-refractivity contribution < 1.29 is 0 Å². The van der Waals surface area contributed by atoms with E-state index in [4.69, 9.17) is 5.84 Å². The Morgan fingerprint density at radius 1 is 1.35 bits per heavy atom. The summed E-state index contributed by atoms with van der Waals surface area (Å²) in [4.78, 5) is 6.93. The van der Waals surface area contributed by atoms with Crippen LogP contribution in [0.5, 0.6) is 0 Å². The van der Waals surface area contributed by atoms with Gasteiger partial charge >= 0.3 is 0 Å². The lowest BCUT2D eigenvalue weighted by molar-refractivity contribution is 0.0900. The van der Waals surface area contributed by atoms with Crippen LogP contribution in [0.2, 0.25) is 0 Å². The minimum absolute atomic E-state index is 0.0127. The minimum Gasteiger partial charge on any atom is -0.335 e. The average molecular weight is 281 g/mol. The highest BCUT2D eigenvalue weighted by Crippen LogP contribution is 2.21. The van der Waals surface area contributed by atoms with Crippen molar-refractivity contribution in [3.8, 4) is 0 Å². The molecule has 1 aromatic rings. The van der Waals surface area contributed by atoms with Gasteiger partial charge in [0.15, 0.2) is 0 Å². The number of nitrogens with two attached hydrogens (primary N) is 1. The van der Waals surface area contributed by atoms with E-state index >= 15 is 0 Å². The lowest BCUT2D eigenvalue weighted by Crippen LogP contribution is -2.60. The van der Waals surface area contributed by atoms with Gasteiger partial charge in [-0.25, -0.2) is 4.98 Å². The van der Waals surface area contributed by atoms with Crippen LogP contribution in [0, 0.1) is 0 Å². The van der Waals surface area contributed by atoms with Crippen molar-refractivity contribution in [3.05, 3.63) is 18.2 Å². The first-order valence-corrected chi connectivity index (χ1v) is 7.72. The van der Waals surface area contributed by atoms with Gasteiger partial charge in [-0.15, -0.1) is 0 Å². The average Bonchev–Trinajstić information content (AvgIpc) is 2.84. The van der Waals surface area contributed by atoms with Crippen LogP contribution in [0.1, 0.15) is 46.9 Å². The molecule has 1 unspecified atom stereocenters. The molecule has 0 aliphatic heterocycles. The fourth-order valence-electron chi connectivity index (χ4n) is 2.93. The van der Waals surface area contributed by atoms with Crippen LogP contribution in [-0.4, -0.2) is 39.1 Å². The number of aryl methyl sites for hydroxylation is 1. The first-order valence-electron chi connectivity index (χ1n) is 7.72. The number of nitrogens with one attached hydrogen (secondary N) is 1. The second-order valence-corrected chi connectivity index (χ2v) is 5.79. The molecule has 0 fully saturated rings. The largest absolute Gasteiger partial charge is 0.335 e. The second kappa shape index (κ2) is 7.76. The number of likely N-dealkylation sites (N-methyl/N-ethyl adjacent to an activating group) is 1. The number of nitrogens with zero attached hydrogens (tertiary/aromatic N) is 3. The van der Waals surface area contributed by atoms with E-state index in [-0.39, 0.29) is 11.6 Å². The van der Waals surface area contributed by atoms with E-state index in [1.165, 1.54) is 0 Å². The van der Waals surface area contributed by atoms with Gasteiger partial charge in [0, 0.05) is 36.9 Å². The number of imidazole rings is 1. The Bertz CT molecular complexity index is 381. The second-order valence-electron chi connectivity index (χ2n) is 5.79. The summed E-state index contributed by atoms with van der Waals surface area (Å²) >= 11 is 0. The summed E-state index contributed by atoms with van der Waals surface area (Å²) in [6, 6.07) is 0.167. The van der Waals surface area contributed by atoms with E-state index in [0.717, 1.165) is 38.3 Å². The summed E-state index contributed by atoms with van der Waals surface area (Å²) in [5, 5.41) is 0. The number of rotatable bonds is 9. The monoisotopic (exact) mass is 281 g/mol. The van der Waals surface area contributed by atoms with E-state index in [1.807, 2.05) is 6.20 Å². The molecule has 0 bridgehead atoms. The fraction of sp³-hybridized carbons (Fsp3) is 0.800. The van der Waals surface area contributed by atoms with E-state index in [2.05, 4.69) is 60.7 Å². The molecule has 1 atom stereocenters. The lowest BCUT2D eigenvalue weighted by atomic mass is 9.90. The molecule has 1 aromatic heterocycles. The molecule has 3 N–H and O–H groups in total. The Morgan fingerprint density at radius 2 is 2.00 bits per heavy atom. The van der Waals surface area contributed by atoms with E-state index in [0.29, 0.717) is 0 Å². The molecule has 0 aliphatic carbocycles. The van der Waals surface area contributed by atoms with Crippen molar-refractivity contribution in [2.24, 2.45) is 5.84 Å². The first kappa shape index (κ1) is 17.1. The van der Waals surface area contributed by atoms with Crippen LogP contribution in [0.3, 0.4) is 0 Å². The SMILES string of the molecule is CCCn1ccnc1CC(NN)C(C)(C)N(CC)CC. The van der Waals surface area contributed by atoms with Crippen LogP contribution in [-0.2, 0) is 13.0 Å². The van der Waals surface area contributed by atoms with E-state index in [1.54, 1.807) is 0 Å². The summed E-state index contributed by atoms with van der Waals surface area (Å²) in [5.41, 5.74) is 2.99. The van der Waals surface area contributed by atoms with Crippen LogP contribution in [0.15, 0.2) is 12.4 Å². The zero-order valence-electron chi connectivity index (χ0n) is 13.7. The zero-order chi connectivity index (χ0) is 15.2. The van der Waals surface area contributed by atoms with Crippen LogP contribution in [0.25, 0.3) is 0 Å². The molecule has 0 radical (unpaired) electrons. The normalized spacial score (nSPS) is 13.9. The zero-order valence-corrected chi connectivity index (χ0v) is 13.7. The molecular formula is C15H31N5. The smallest absolute Gasteiger partial charge is 0.110 e. The van der Waals surface area contributed by atoms with E-state index in [9.17, 15) is 0 Å². The highest BCUT2D eigenvalue weighted by Gasteiger charge is 2.34. The molecule has 1 rings (SSSR count). The maximum atomic E-state index is 5.83. The quantitative estimate of drug-likeness (QED) is 0.535. The molecule has 116 valence electrons. The number of hydrazine groups is 1. The first-order chi connectivity index (χ1) is 9.51.